The van der Waals surface area contributed by atoms with Gasteiger partial charge in [-0.1, -0.05) is 0 Å². The summed E-state index contributed by atoms with van der Waals surface area (Å²) in [6, 6.07) is -1.27. The molecule has 6 atom stereocenters. The van der Waals surface area contributed by atoms with Gasteiger partial charge in [0.2, 0.25) is 0 Å². The highest BCUT2D eigenvalue weighted by atomic mass is 16.2. The number of carbonyl (C=O) groups is 2. The van der Waals surface area contributed by atoms with Crippen molar-refractivity contribution in [2.45, 2.75) is 19.3 Å². The fraction of sp³-hybridized carbons (Fsp3) is 0.692. The van der Waals surface area contributed by atoms with E-state index in [4.69, 9.17) is 11.5 Å². The van der Waals surface area contributed by atoms with Gasteiger partial charge in [0.1, 0.15) is 0 Å². The third-order valence-corrected chi connectivity index (χ3v) is 5.78. The molecule has 21 heavy (non-hydrogen) atoms. The third-order valence-electron chi connectivity index (χ3n) is 5.78. The summed E-state index contributed by atoms with van der Waals surface area (Å²) in [6.07, 6.45) is 3.10. The van der Waals surface area contributed by atoms with Crippen molar-refractivity contribution < 1.29 is 9.59 Å². The number of carbonyl (C=O) groups excluding carboxylic acids is 2. The van der Waals surface area contributed by atoms with Crippen LogP contribution in [0.1, 0.15) is 19.3 Å². The number of hydrogen-bond acceptors (Lipinski definition) is 4. The minimum absolute atomic E-state index is 0.332. The molecule has 0 radical (unpaired) electrons. The zero-order chi connectivity index (χ0) is 14.7. The van der Waals surface area contributed by atoms with E-state index in [2.05, 4.69) is 21.1 Å². The zero-order valence-electron chi connectivity index (χ0n) is 11.5. The van der Waals surface area contributed by atoms with Crippen LogP contribution in [0.4, 0.5) is 9.59 Å². The van der Waals surface area contributed by atoms with Gasteiger partial charge in [-0.3, -0.25) is 0 Å². The Balaban J connectivity index is 1.63. The molecule has 4 aliphatic carbocycles. The van der Waals surface area contributed by atoms with Crippen molar-refractivity contribution in [1.82, 2.24) is 10.9 Å². The molecule has 2 bridgehead atoms. The minimum atomic E-state index is -0.634. The average molecular weight is 290 g/mol. The van der Waals surface area contributed by atoms with E-state index in [0.717, 1.165) is 24.3 Å². The van der Waals surface area contributed by atoms with E-state index in [9.17, 15) is 9.59 Å². The monoisotopic (exact) mass is 290 g/mol. The van der Waals surface area contributed by atoms with Crippen molar-refractivity contribution in [2.75, 3.05) is 0 Å². The number of nitrogens with zero attached hydrogens (tertiary/aromatic N) is 2. The average Bonchev–Trinajstić information content (AvgIpc) is 3.03. The van der Waals surface area contributed by atoms with Gasteiger partial charge in [-0.15, -0.1) is 0 Å². The molecule has 4 rings (SSSR count). The minimum Gasteiger partial charge on any atom is -0.350 e. The van der Waals surface area contributed by atoms with E-state index in [0.29, 0.717) is 35.5 Å². The summed E-state index contributed by atoms with van der Waals surface area (Å²) in [5, 5.41) is 8.43. The number of fused-ring (bicyclic) bond motifs is 2. The van der Waals surface area contributed by atoms with Crippen LogP contribution in [0.2, 0.25) is 0 Å². The third kappa shape index (κ3) is 1.68. The van der Waals surface area contributed by atoms with Gasteiger partial charge in [-0.25, -0.2) is 20.4 Å². The number of nitrogens with one attached hydrogen (secondary N) is 2. The molecule has 112 valence electrons. The number of urea groups is 2. The lowest BCUT2D eigenvalue weighted by Crippen LogP contribution is -2.32. The maximum atomic E-state index is 10.9. The Labute approximate surface area is 121 Å². The molecular weight excluding hydrogens is 272 g/mol. The molecule has 4 fully saturated rings. The van der Waals surface area contributed by atoms with Gasteiger partial charge in [0.25, 0.3) is 0 Å². The van der Waals surface area contributed by atoms with Gasteiger partial charge in [0.05, 0.1) is 0 Å². The van der Waals surface area contributed by atoms with Crippen LogP contribution in [-0.2, 0) is 0 Å². The molecule has 0 saturated heterocycles. The van der Waals surface area contributed by atoms with Gasteiger partial charge >= 0.3 is 12.1 Å². The van der Waals surface area contributed by atoms with Crippen molar-refractivity contribution in [3.05, 3.63) is 0 Å². The number of rotatable bonds is 2. The summed E-state index contributed by atoms with van der Waals surface area (Å²) in [5.74, 6) is 3.20. The SMILES string of the molecule is NC(=O)N/N=C1/CC2C3C/C(=N\NC(N)=O)C4C3CC2C14. The van der Waals surface area contributed by atoms with Gasteiger partial charge in [-0.05, 0) is 42.9 Å². The van der Waals surface area contributed by atoms with Crippen molar-refractivity contribution >= 4 is 23.5 Å². The van der Waals surface area contributed by atoms with Crippen molar-refractivity contribution in [2.24, 2.45) is 57.2 Å². The molecule has 0 aliphatic heterocycles. The predicted molar refractivity (Wildman–Crippen MR) is 75.1 cm³/mol. The lowest BCUT2D eigenvalue weighted by Gasteiger charge is -2.24. The number of hydrazone groups is 2. The van der Waals surface area contributed by atoms with Gasteiger partial charge in [-0.2, -0.15) is 10.2 Å². The van der Waals surface area contributed by atoms with Crippen LogP contribution in [0, 0.1) is 35.5 Å². The normalized spacial score (nSPS) is 45.5. The largest absolute Gasteiger partial charge is 0.350 e. The van der Waals surface area contributed by atoms with Crippen LogP contribution in [0.3, 0.4) is 0 Å². The summed E-state index contributed by atoms with van der Waals surface area (Å²) < 4.78 is 0. The fourth-order valence-corrected chi connectivity index (χ4v) is 5.42. The predicted octanol–water partition coefficient (Wildman–Crippen LogP) is -0.0431. The van der Waals surface area contributed by atoms with E-state index < -0.39 is 12.1 Å². The Bertz CT molecular complexity index is 531. The van der Waals surface area contributed by atoms with E-state index in [-0.39, 0.29) is 0 Å². The molecule has 6 unspecified atom stereocenters. The maximum Gasteiger partial charge on any atom is 0.332 e. The summed E-state index contributed by atoms with van der Waals surface area (Å²) >= 11 is 0. The van der Waals surface area contributed by atoms with E-state index >= 15 is 0 Å². The van der Waals surface area contributed by atoms with Crippen LogP contribution >= 0.6 is 0 Å². The Morgan fingerprint density at radius 2 is 1.29 bits per heavy atom. The molecule has 0 heterocycles. The molecule has 0 spiro atoms. The lowest BCUT2D eigenvalue weighted by atomic mass is 9.79. The molecule has 6 N–H and O–H groups in total. The van der Waals surface area contributed by atoms with E-state index in [1.54, 1.807) is 0 Å². The van der Waals surface area contributed by atoms with Crippen LogP contribution in [-0.4, -0.2) is 23.5 Å². The van der Waals surface area contributed by atoms with Crippen LogP contribution in [0.25, 0.3) is 0 Å². The highest BCUT2D eigenvalue weighted by Gasteiger charge is 2.67. The molecule has 4 saturated carbocycles. The second-order valence-electron chi connectivity index (χ2n) is 6.51. The first-order chi connectivity index (χ1) is 10.1. The fourth-order valence-electron chi connectivity index (χ4n) is 5.42. The molecule has 4 aliphatic rings. The molecule has 4 amide bonds. The van der Waals surface area contributed by atoms with Crippen molar-refractivity contribution in [3.8, 4) is 0 Å². The highest BCUT2D eigenvalue weighted by Crippen LogP contribution is 2.68. The Morgan fingerprint density at radius 3 is 1.67 bits per heavy atom. The number of primary amides is 2. The lowest BCUT2D eigenvalue weighted by molar-refractivity contribution is 0.241. The molecule has 0 aromatic carbocycles. The maximum absolute atomic E-state index is 10.9. The van der Waals surface area contributed by atoms with Gasteiger partial charge < -0.3 is 11.5 Å². The van der Waals surface area contributed by atoms with Gasteiger partial charge in [0, 0.05) is 23.3 Å². The quantitative estimate of drug-likeness (QED) is 0.531. The second-order valence-corrected chi connectivity index (χ2v) is 6.51. The summed E-state index contributed by atoms with van der Waals surface area (Å²) in [5.41, 5.74) is 17.0. The van der Waals surface area contributed by atoms with Crippen molar-refractivity contribution in [1.29, 1.82) is 0 Å². The Kier molecular flexibility index (Phi) is 2.51. The van der Waals surface area contributed by atoms with Crippen LogP contribution in [0.5, 0.6) is 0 Å². The first kappa shape index (κ1) is 12.6. The second kappa shape index (κ2) is 4.19. The summed E-state index contributed by atoms with van der Waals surface area (Å²) in [7, 11) is 0. The molecule has 0 aromatic rings. The molecule has 8 nitrogen and oxygen atoms in total. The van der Waals surface area contributed by atoms with Crippen molar-refractivity contribution in [3.63, 3.8) is 0 Å². The number of hydrogen-bond donors (Lipinski definition) is 4. The highest BCUT2D eigenvalue weighted by molar-refractivity contribution is 6.01. The first-order valence-corrected chi connectivity index (χ1v) is 7.30. The number of amides is 4. The smallest absolute Gasteiger partial charge is 0.332 e. The van der Waals surface area contributed by atoms with Crippen LogP contribution in [0.15, 0.2) is 10.2 Å². The topological polar surface area (TPSA) is 135 Å². The first-order valence-electron chi connectivity index (χ1n) is 7.30. The van der Waals surface area contributed by atoms with Gasteiger partial charge in [0.15, 0.2) is 0 Å². The Morgan fingerprint density at radius 1 is 0.857 bits per heavy atom. The van der Waals surface area contributed by atoms with E-state index in [1.807, 2.05) is 0 Å². The van der Waals surface area contributed by atoms with Crippen LogP contribution < -0.4 is 22.3 Å². The molecule has 0 aromatic heterocycles. The molecular formula is C13H18N6O2. The Hall–Kier alpha value is -2.12. The van der Waals surface area contributed by atoms with E-state index in [1.165, 1.54) is 6.42 Å². The summed E-state index contributed by atoms with van der Waals surface area (Å²) in [6.45, 7) is 0. The standard InChI is InChI=1S/C13H18N6O2/c14-12(20)18-16-8-2-4-5-3-9(17-19-13(15)21)11-7(5)1-6(4)10(8)11/h4-7,10-11H,1-3H2,(H3,14,18,20)(H3,15,19,21)/b16-8-,17-9+. The number of nitrogens with two attached hydrogens (primary N) is 2. The zero-order valence-corrected chi connectivity index (χ0v) is 11.5. The molecule has 8 heteroatoms. The summed E-state index contributed by atoms with van der Waals surface area (Å²) in [4.78, 5) is 21.7.